The van der Waals surface area contributed by atoms with Gasteiger partial charge in [-0.1, -0.05) is 0 Å². The monoisotopic (exact) mass is 380 g/mol. The maximum Gasteiger partial charge on any atom is 0.337 e. The number of furan rings is 1. The van der Waals surface area contributed by atoms with Crippen molar-refractivity contribution in [3.05, 3.63) is 52.4 Å². The molecule has 0 fully saturated rings. The summed E-state index contributed by atoms with van der Waals surface area (Å²) in [5.41, 5.74) is 0.875. The third kappa shape index (κ3) is 4.68. The average Bonchev–Trinajstić information content (AvgIpc) is 2.99. The van der Waals surface area contributed by atoms with Crippen LogP contribution in [-0.2, 0) is 9.53 Å². The van der Waals surface area contributed by atoms with Crippen LogP contribution in [0.2, 0.25) is 0 Å². The number of anilines is 1. The Morgan fingerprint density at radius 3 is 2.39 bits per heavy atom. The molecule has 0 unspecified atom stereocenters. The fourth-order valence-electron chi connectivity index (χ4n) is 1.70. The Labute approximate surface area is 140 Å². The molecule has 2 rings (SSSR count). The first kappa shape index (κ1) is 16.8. The highest BCUT2D eigenvalue weighted by molar-refractivity contribution is 9.10. The van der Waals surface area contributed by atoms with E-state index in [1.807, 2.05) is 0 Å². The summed E-state index contributed by atoms with van der Waals surface area (Å²) in [5.74, 6) is -1.26. The lowest BCUT2D eigenvalue weighted by Gasteiger charge is -2.06. The molecule has 0 radical (unpaired) electrons. The van der Waals surface area contributed by atoms with Gasteiger partial charge < -0.3 is 19.8 Å². The largest absolute Gasteiger partial charge is 0.465 e. The summed E-state index contributed by atoms with van der Waals surface area (Å²) in [6.07, 6.45) is 0. The first-order valence-corrected chi connectivity index (χ1v) is 7.30. The van der Waals surface area contributed by atoms with Crippen LogP contribution in [0.15, 0.2) is 45.5 Å². The minimum atomic E-state index is -0.494. The van der Waals surface area contributed by atoms with E-state index in [4.69, 9.17) is 4.42 Å². The average molecular weight is 381 g/mol. The third-order valence-corrected chi connectivity index (χ3v) is 3.22. The maximum absolute atomic E-state index is 11.8. The molecule has 120 valence electrons. The van der Waals surface area contributed by atoms with E-state index in [0.29, 0.717) is 15.9 Å². The second-order valence-corrected chi connectivity index (χ2v) is 5.19. The van der Waals surface area contributed by atoms with Gasteiger partial charge in [0, 0.05) is 5.69 Å². The molecule has 1 heterocycles. The zero-order valence-electron chi connectivity index (χ0n) is 12.1. The van der Waals surface area contributed by atoms with Crippen molar-refractivity contribution < 1.29 is 23.5 Å². The molecule has 2 amide bonds. The molecule has 0 aliphatic heterocycles. The first-order valence-electron chi connectivity index (χ1n) is 6.51. The number of rotatable bonds is 5. The van der Waals surface area contributed by atoms with E-state index in [0.717, 1.165) is 0 Å². The summed E-state index contributed by atoms with van der Waals surface area (Å²) in [5, 5.41) is 5.02. The van der Waals surface area contributed by atoms with E-state index < -0.39 is 17.8 Å². The van der Waals surface area contributed by atoms with Gasteiger partial charge in [0.25, 0.3) is 5.91 Å². The molecule has 8 heteroatoms. The normalized spacial score (nSPS) is 10.0. The van der Waals surface area contributed by atoms with Gasteiger partial charge in [0.15, 0.2) is 10.4 Å². The molecule has 0 saturated heterocycles. The number of carbonyl (C=O) groups excluding carboxylic acids is 3. The molecule has 2 N–H and O–H groups in total. The van der Waals surface area contributed by atoms with Gasteiger partial charge >= 0.3 is 5.97 Å². The van der Waals surface area contributed by atoms with Crippen LogP contribution in [0.5, 0.6) is 0 Å². The number of ether oxygens (including phenoxy) is 1. The number of hydrogen-bond donors (Lipinski definition) is 2. The van der Waals surface area contributed by atoms with E-state index in [2.05, 4.69) is 31.3 Å². The van der Waals surface area contributed by atoms with Gasteiger partial charge in [0.05, 0.1) is 19.2 Å². The van der Waals surface area contributed by atoms with E-state index >= 15 is 0 Å². The summed E-state index contributed by atoms with van der Waals surface area (Å²) >= 11 is 3.09. The lowest BCUT2D eigenvalue weighted by molar-refractivity contribution is -0.115. The Morgan fingerprint density at radius 2 is 1.83 bits per heavy atom. The number of benzene rings is 1. The quantitative estimate of drug-likeness (QED) is 0.774. The predicted molar refractivity (Wildman–Crippen MR) is 85.2 cm³/mol. The van der Waals surface area contributed by atoms with Crippen molar-refractivity contribution in [3.63, 3.8) is 0 Å². The fraction of sp³-hybridized carbons (Fsp3) is 0.133. The number of methoxy groups -OCH3 is 1. The smallest absolute Gasteiger partial charge is 0.337 e. The van der Waals surface area contributed by atoms with E-state index in [-0.39, 0.29) is 12.3 Å². The number of esters is 1. The second-order valence-electron chi connectivity index (χ2n) is 4.40. The predicted octanol–water partition coefficient (Wildman–Crippen LogP) is 2.20. The van der Waals surface area contributed by atoms with Gasteiger partial charge in [-0.05, 0) is 52.3 Å². The number of nitrogens with one attached hydrogen (secondary N) is 2. The number of halogens is 1. The Morgan fingerprint density at radius 1 is 1.13 bits per heavy atom. The van der Waals surface area contributed by atoms with Crippen LogP contribution in [-0.4, -0.2) is 31.4 Å². The minimum Gasteiger partial charge on any atom is -0.465 e. The first-order chi connectivity index (χ1) is 11.0. The third-order valence-electron chi connectivity index (χ3n) is 2.80. The van der Waals surface area contributed by atoms with E-state index in [1.54, 1.807) is 18.2 Å². The number of amides is 2. The van der Waals surface area contributed by atoms with Gasteiger partial charge in [0.1, 0.15) is 0 Å². The zero-order valence-corrected chi connectivity index (χ0v) is 13.7. The highest BCUT2D eigenvalue weighted by Crippen LogP contribution is 2.13. The molecular weight excluding hydrogens is 368 g/mol. The van der Waals surface area contributed by atoms with Crippen molar-refractivity contribution >= 4 is 39.4 Å². The van der Waals surface area contributed by atoms with Crippen molar-refractivity contribution in [3.8, 4) is 0 Å². The lowest BCUT2D eigenvalue weighted by atomic mass is 10.2. The molecule has 1 aromatic heterocycles. The molecule has 0 aliphatic rings. The summed E-state index contributed by atoms with van der Waals surface area (Å²) in [7, 11) is 1.29. The Hall–Kier alpha value is -2.61. The van der Waals surface area contributed by atoms with Gasteiger partial charge in [-0.15, -0.1) is 0 Å². The van der Waals surface area contributed by atoms with Crippen LogP contribution in [0.1, 0.15) is 20.9 Å². The molecule has 0 atom stereocenters. The summed E-state index contributed by atoms with van der Waals surface area (Å²) in [6, 6.07) is 9.26. The molecular formula is C15H13BrN2O5. The molecule has 0 saturated carbocycles. The van der Waals surface area contributed by atoms with Crippen LogP contribution in [0.4, 0.5) is 5.69 Å². The van der Waals surface area contributed by atoms with Crippen molar-refractivity contribution in [1.82, 2.24) is 5.32 Å². The second kappa shape index (κ2) is 7.59. The molecule has 0 spiro atoms. The van der Waals surface area contributed by atoms with Crippen molar-refractivity contribution in [1.29, 1.82) is 0 Å². The van der Waals surface area contributed by atoms with Gasteiger partial charge in [0.2, 0.25) is 5.91 Å². The maximum atomic E-state index is 11.8. The minimum absolute atomic E-state index is 0.104. The molecule has 23 heavy (non-hydrogen) atoms. The van der Waals surface area contributed by atoms with Gasteiger partial charge in [-0.2, -0.15) is 0 Å². The Kier molecular flexibility index (Phi) is 5.53. The highest BCUT2D eigenvalue weighted by Gasteiger charge is 2.12. The number of carbonyl (C=O) groups is 3. The summed E-state index contributed by atoms with van der Waals surface area (Å²) in [6.45, 7) is -0.212. The van der Waals surface area contributed by atoms with Crippen LogP contribution < -0.4 is 10.6 Å². The molecule has 7 nitrogen and oxygen atoms in total. The Balaban J connectivity index is 1.85. The van der Waals surface area contributed by atoms with Crippen LogP contribution in [0, 0.1) is 0 Å². The van der Waals surface area contributed by atoms with Crippen molar-refractivity contribution in [2.24, 2.45) is 0 Å². The van der Waals surface area contributed by atoms with Crippen LogP contribution >= 0.6 is 15.9 Å². The number of hydrogen-bond acceptors (Lipinski definition) is 5. The van der Waals surface area contributed by atoms with Gasteiger partial charge in [-0.25, -0.2) is 4.79 Å². The highest BCUT2D eigenvalue weighted by atomic mass is 79.9. The van der Waals surface area contributed by atoms with Crippen LogP contribution in [0.3, 0.4) is 0 Å². The van der Waals surface area contributed by atoms with Gasteiger partial charge in [-0.3, -0.25) is 9.59 Å². The molecule has 0 bridgehead atoms. The fourth-order valence-corrected chi connectivity index (χ4v) is 2.00. The van der Waals surface area contributed by atoms with Crippen molar-refractivity contribution in [2.45, 2.75) is 0 Å². The van der Waals surface area contributed by atoms with E-state index in [9.17, 15) is 14.4 Å². The SMILES string of the molecule is COC(=O)c1ccc(NC(=O)CNC(=O)c2ccc(Br)o2)cc1. The summed E-state index contributed by atoms with van der Waals surface area (Å²) < 4.78 is 10.1. The van der Waals surface area contributed by atoms with Crippen molar-refractivity contribution in [2.75, 3.05) is 19.0 Å². The molecule has 0 aliphatic carbocycles. The standard InChI is InChI=1S/C15H13BrN2O5/c1-22-15(21)9-2-4-10(5-3-9)18-13(19)8-17-14(20)11-6-7-12(16)23-11/h2-7H,8H2,1H3,(H,17,20)(H,18,19). The van der Waals surface area contributed by atoms with E-state index in [1.165, 1.54) is 25.3 Å². The Bertz CT molecular complexity index is 724. The van der Waals surface area contributed by atoms with Crippen LogP contribution in [0.25, 0.3) is 0 Å². The topological polar surface area (TPSA) is 97.6 Å². The summed E-state index contributed by atoms with van der Waals surface area (Å²) in [4.78, 5) is 34.8. The zero-order chi connectivity index (χ0) is 16.8. The molecule has 2 aromatic rings. The molecule has 1 aromatic carbocycles. The lowest BCUT2D eigenvalue weighted by Crippen LogP contribution is -2.32.